The summed E-state index contributed by atoms with van der Waals surface area (Å²) in [6, 6.07) is 7.95. The van der Waals surface area contributed by atoms with Gasteiger partial charge in [-0.3, -0.25) is 0 Å². The summed E-state index contributed by atoms with van der Waals surface area (Å²) in [7, 11) is 0. The first-order valence-corrected chi connectivity index (χ1v) is 7.04. The van der Waals surface area contributed by atoms with E-state index in [1.165, 1.54) is 19.3 Å². The highest BCUT2D eigenvalue weighted by atomic mass is 127. The van der Waals surface area contributed by atoms with Crippen LogP contribution in [-0.4, -0.2) is 19.1 Å². The van der Waals surface area contributed by atoms with Crippen molar-refractivity contribution in [1.29, 1.82) is 0 Å². The Labute approximate surface area is 138 Å². The third kappa shape index (κ3) is 5.19. The smallest absolute Gasteiger partial charge is 0.188 e. The van der Waals surface area contributed by atoms with E-state index in [-0.39, 0.29) is 24.0 Å². The lowest BCUT2D eigenvalue weighted by atomic mass is 9.85. The van der Waals surface area contributed by atoms with Crippen LogP contribution in [0.5, 0.6) is 5.75 Å². The molecule has 0 spiro atoms. The van der Waals surface area contributed by atoms with Crippen molar-refractivity contribution in [3.63, 3.8) is 0 Å². The summed E-state index contributed by atoms with van der Waals surface area (Å²) in [5, 5.41) is 3.19. The van der Waals surface area contributed by atoms with Gasteiger partial charge in [-0.25, -0.2) is 4.99 Å². The van der Waals surface area contributed by atoms with Gasteiger partial charge in [0.1, 0.15) is 5.75 Å². The number of ether oxygens (including phenoxy) is 1. The third-order valence-electron chi connectivity index (χ3n) is 3.49. The first-order chi connectivity index (χ1) is 9.29. The Morgan fingerprint density at radius 2 is 2.15 bits per heavy atom. The number of para-hydroxylation sites is 1. The van der Waals surface area contributed by atoms with Gasteiger partial charge in [0.25, 0.3) is 0 Å². The van der Waals surface area contributed by atoms with Gasteiger partial charge in [-0.2, -0.15) is 0 Å². The molecule has 2 rings (SSSR count). The van der Waals surface area contributed by atoms with Crippen LogP contribution in [0.15, 0.2) is 29.3 Å². The zero-order valence-corrected chi connectivity index (χ0v) is 14.3. The summed E-state index contributed by atoms with van der Waals surface area (Å²) in [5.41, 5.74) is 6.94. The fourth-order valence-electron chi connectivity index (χ4n) is 2.10. The van der Waals surface area contributed by atoms with Crippen LogP contribution in [0.1, 0.15) is 31.7 Å². The van der Waals surface area contributed by atoms with Gasteiger partial charge in [-0.05, 0) is 31.7 Å². The summed E-state index contributed by atoms with van der Waals surface area (Å²) in [4.78, 5) is 4.37. The Kier molecular flexibility index (Phi) is 7.72. The summed E-state index contributed by atoms with van der Waals surface area (Å²) < 4.78 is 5.56. The van der Waals surface area contributed by atoms with Crippen LogP contribution in [0.3, 0.4) is 0 Å². The highest BCUT2D eigenvalue weighted by Crippen LogP contribution is 2.25. The van der Waals surface area contributed by atoms with Crippen molar-refractivity contribution < 1.29 is 4.74 Å². The molecule has 1 aromatic rings. The van der Waals surface area contributed by atoms with Crippen molar-refractivity contribution in [2.75, 3.05) is 13.2 Å². The van der Waals surface area contributed by atoms with Crippen LogP contribution in [0.2, 0.25) is 0 Å². The molecule has 0 aliphatic heterocycles. The average Bonchev–Trinajstić information content (AvgIpc) is 2.36. The van der Waals surface area contributed by atoms with Crippen molar-refractivity contribution in [1.82, 2.24) is 5.32 Å². The van der Waals surface area contributed by atoms with Crippen LogP contribution in [-0.2, 0) is 6.54 Å². The summed E-state index contributed by atoms with van der Waals surface area (Å²) >= 11 is 0. The van der Waals surface area contributed by atoms with Gasteiger partial charge < -0.3 is 15.8 Å². The van der Waals surface area contributed by atoms with E-state index in [0.717, 1.165) is 23.8 Å². The molecular weight excluding hydrogens is 365 g/mol. The molecule has 3 N–H and O–H groups in total. The quantitative estimate of drug-likeness (QED) is 0.447. The Morgan fingerprint density at radius 1 is 1.40 bits per heavy atom. The SMILES string of the molecule is CCOc1ccccc1CN=C(N)NCC1CCC1.I. The number of guanidine groups is 1. The lowest BCUT2D eigenvalue weighted by Crippen LogP contribution is -2.37. The number of nitrogens with one attached hydrogen (secondary N) is 1. The molecule has 1 aliphatic rings. The van der Waals surface area contributed by atoms with E-state index in [4.69, 9.17) is 10.5 Å². The van der Waals surface area contributed by atoms with Crippen molar-refractivity contribution >= 4 is 29.9 Å². The Hall–Kier alpha value is -0.980. The Bertz CT molecular complexity index is 433. The number of nitrogens with two attached hydrogens (primary N) is 1. The molecule has 1 fully saturated rings. The second-order valence-electron chi connectivity index (χ2n) is 4.92. The molecule has 0 unspecified atom stereocenters. The maximum atomic E-state index is 5.87. The maximum Gasteiger partial charge on any atom is 0.188 e. The van der Waals surface area contributed by atoms with Crippen molar-refractivity contribution in [2.24, 2.45) is 16.6 Å². The predicted molar refractivity (Wildman–Crippen MR) is 93.7 cm³/mol. The summed E-state index contributed by atoms with van der Waals surface area (Å²) in [6.45, 7) is 4.15. The normalized spacial score (nSPS) is 15.2. The van der Waals surface area contributed by atoms with Gasteiger partial charge in [0, 0.05) is 12.1 Å². The molecule has 1 aromatic carbocycles. The van der Waals surface area contributed by atoms with Crippen LogP contribution in [0.4, 0.5) is 0 Å². The minimum atomic E-state index is 0. The minimum Gasteiger partial charge on any atom is -0.494 e. The fraction of sp³-hybridized carbons (Fsp3) is 0.533. The van der Waals surface area contributed by atoms with Gasteiger partial charge in [0.2, 0.25) is 0 Å². The van der Waals surface area contributed by atoms with Gasteiger partial charge in [0.05, 0.1) is 13.2 Å². The minimum absolute atomic E-state index is 0. The molecule has 0 radical (unpaired) electrons. The zero-order valence-electron chi connectivity index (χ0n) is 12.0. The van der Waals surface area contributed by atoms with E-state index >= 15 is 0 Å². The standard InChI is InChI=1S/C15H23N3O.HI/c1-2-19-14-9-4-3-8-13(14)11-18-15(16)17-10-12-6-5-7-12;/h3-4,8-9,12H,2,5-7,10-11H2,1H3,(H3,16,17,18);1H. The number of hydrogen-bond donors (Lipinski definition) is 2. The second-order valence-corrected chi connectivity index (χ2v) is 4.92. The molecular formula is C15H24IN3O. The van der Waals surface area contributed by atoms with Crippen molar-refractivity contribution in [2.45, 2.75) is 32.7 Å². The highest BCUT2D eigenvalue weighted by Gasteiger charge is 2.16. The van der Waals surface area contributed by atoms with Crippen molar-refractivity contribution in [3.05, 3.63) is 29.8 Å². The monoisotopic (exact) mass is 389 g/mol. The van der Waals surface area contributed by atoms with E-state index < -0.39 is 0 Å². The molecule has 0 saturated heterocycles. The second kappa shape index (κ2) is 9.05. The van der Waals surface area contributed by atoms with Gasteiger partial charge in [-0.1, -0.05) is 24.6 Å². The average molecular weight is 389 g/mol. The molecule has 5 heteroatoms. The Balaban J connectivity index is 0.00000200. The first kappa shape index (κ1) is 17.1. The van der Waals surface area contributed by atoms with E-state index in [0.29, 0.717) is 19.1 Å². The van der Waals surface area contributed by atoms with E-state index in [2.05, 4.69) is 10.3 Å². The lowest BCUT2D eigenvalue weighted by molar-refractivity contribution is 0.315. The lowest BCUT2D eigenvalue weighted by Gasteiger charge is -2.25. The number of hydrogen-bond acceptors (Lipinski definition) is 2. The predicted octanol–water partition coefficient (Wildman–Crippen LogP) is 2.91. The number of rotatable bonds is 6. The molecule has 4 nitrogen and oxygen atoms in total. The Morgan fingerprint density at radius 3 is 2.80 bits per heavy atom. The number of halogens is 1. The van der Waals surface area contributed by atoms with E-state index in [1.54, 1.807) is 0 Å². The third-order valence-corrected chi connectivity index (χ3v) is 3.49. The van der Waals surface area contributed by atoms with Gasteiger partial charge >= 0.3 is 0 Å². The van der Waals surface area contributed by atoms with E-state index in [9.17, 15) is 0 Å². The molecule has 1 aliphatic carbocycles. The molecule has 0 bridgehead atoms. The molecule has 0 amide bonds. The topological polar surface area (TPSA) is 59.6 Å². The maximum absolute atomic E-state index is 5.87. The zero-order chi connectivity index (χ0) is 13.5. The molecule has 0 heterocycles. The molecule has 112 valence electrons. The van der Waals surface area contributed by atoms with Crippen molar-refractivity contribution in [3.8, 4) is 5.75 Å². The van der Waals surface area contributed by atoms with Gasteiger partial charge in [0.15, 0.2) is 5.96 Å². The van der Waals surface area contributed by atoms with E-state index in [1.807, 2.05) is 31.2 Å². The van der Waals surface area contributed by atoms with Crippen LogP contribution >= 0.6 is 24.0 Å². The fourth-order valence-corrected chi connectivity index (χ4v) is 2.10. The first-order valence-electron chi connectivity index (χ1n) is 7.04. The summed E-state index contributed by atoms with van der Waals surface area (Å²) in [6.07, 6.45) is 3.98. The molecule has 1 saturated carbocycles. The largest absolute Gasteiger partial charge is 0.494 e. The van der Waals surface area contributed by atoms with Crippen LogP contribution in [0, 0.1) is 5.92 Å². The number of benzene rings is 1. The summed E-state index contributed by atoms with van der Waals surface area (Å²) in [5.74, 6) is 2.20. The number of aliphatic imine (C=N–C) groups is 1. The molecule has 0 atom stereocenters. The van der Waals surface area contributed by atoms with Gasteiger partial charge in [-0.15, -0.1) is 24.0 Å². The number of nitrogens with zero attached hydrogens (tertiary/aromatic N) is 1. The molecule has 20 heavy (non-hydrogen) atoms. The highest BCUT2D eigenvalue weighted by molar-refractivity contribution is 14.0. The van der Waals surface area contributed by atoms with Crippen LogP contribution < -0.4 is 15.8 Å². The molecule has 0 aromatic heterocycles. The van der Waals surface area contributed by atoms with Crippen LogP contribution in [0.25, 0.3) is 0 Å².